The minimum atomic E-state index is 0.353. The fourth-order valence-corrected chi connectivity index (χ4v) is 3.37. The molecule has 2 aromatic rings. The van der Waals surface area contributed by atoms with Gasteiger partial charge in [-0.1, -0.05) is 74.5 Å². The molecule has 2 nitrogen and oxygen atoms in total. The molecule has 1 fully saturated rings. The highest BCUT2D eigenvalue weighted by atomic mass is 15.2. The molecule has 1 aliphatic rings. The maximum Gasteiger partial charge on any atom is 0.0602 e. The van der Waals surface area contributed by atoms with Crippen LogP contribution in [0.2, 0.25) is 0 Å². The molecular weight excluding hydrogens is 268 g/mol. The van der Waals surface area contributed by atoms with Crippen molar-refractivity contribution in [2.45, 2.75) is 25.9 Å². The van der Waals surface area contributed by atoms with Gasteiger partial charge in [0.25, 0.3) is 0 Å². The van der Waals surface area contributed by atoms with E-state index in [0.29, 0.717) is 18.0 Å². The van der Waals surface area contributed by atoms with E-state index in [2.05, 4.69) is 84.7 Å². The molecule has 0 radical (unpaired) electrons. The summed E-state index contributed by atoms with van der Waals surface area (Å²) in [6.07, 6.45) is 0. The number of benzene rings is 2. The molecule has 0 amide bonds. The third-order valence-corrected chi connectivity index (χ3v) is 4.64. The third-order valence-electron chi connectivity index (χ3n) is 4.64. The Bertz CT molecular complexity index is 525. The monoisotopic (exact) mass is 294 g/mol. The molecule has 22 heavy (non-hydrogen) atoms. The molecule has 2 heteroatoms. The summed E-state index contributed by atoms with van der Waals surface area (Å²) < 4.78 is 0. The number of hydrogen-bond donors (Lipinski definition) is 1. The summed E-state index contributed by atoms with van der Waals surface area (Å²) in [6, 6.07) is 22.7. The van der Waals surface area contributed by atoms with Crippen molar-refractivity contribution >= 4 is 0 Å². The molecule has 0 saturated carbocycles. The Hall–Kier alpha value is -1.64. The zero-order valence-corrected chi connectivity index (χ0v) is 13.6. The second-order valence-electron chi connectivity index (χ2n) is 6.52. The standard InChI is InChI=1S/C20H26N2/c1-16(2)19-15-22(14-13-21-19)20(17-9-5-3-6-10-17)18-11-7-4-8-12-18/h3-12,16,19-21H,13-15H2,1-2H3/t19-/m1/s1. The molecule has 0 bridgehead atoms. The smallest absolute Gasteiger partial charge is 0.0602 e. The van der Waals surface area contributed by atoms with Crippen LogP contribution in [0.3, 0.4) is 0 Å². The van der Waals surface area contributed by atoms with E-state index in [1.807, 2.05) is 0 Å². The van der Waals surface area contributed by atoms with Gasteiger partial charge in [0, 0.05) is 25.7 Å². The predicted octanol–water partition coefficient (Wildman–Crippen LogP) is 3.71. The second-order valence-corrected chi connectivity index (χ2v) is 6.52. The van der Waals surface area contributed by atoms with Gasteiger partial charge in [-0.05, 0) is 17.0 Å². The lowest BCUT2D eigenvalue weighted by atomic mass is 9.94. The van der Waals surface area contributed by atoms with Gasteiger partial charge < -0.3 is 5.32 Å². The first-order valence-corrected chi connectivity index (χ1v) is 8.33. The van der Waals surface area contributed by atoms with Crippen LogP contribution in [0.1, 0.15) is 31.0 Å². The summed E-state index contributed by atoms with van der Waals surface area (Å²) in [6.45, 7) is 7.88. The zero-order chi connectivity index (χ0) is 15.4. The van der Waals surface area contributed by atoms with E-state index in [9.17, 15) is 0 Å². The van der Waals surface area contributed by atoms with Crippen molar-refractivity contribution in [1.29, 1.82) is 0 Å². The van der Waals surface area contributed by atoms with Crippen LogP contribution in [-0.2, 0) is 0 Å². The fourth-order valence-electron chi connectivity index (χ4n) is 3.37. The van der Waals surface area contributed by atoms with Crippen molar-refractivity contribution in [3.05, 3.63) is 71.8 Å². The van der Waals surface area contributed by atoms with Gasteiger partial charge in [0.1, 0.15) is 0 Å². The highest BCUT2D eigenvalue weighted by Crippen LogP contribution is 2.29. The largest absolute Gasteiger partial charge is 0.311 e. The Morgan fingerprint density at radius 3 is 1.95 bits per heavy atom. The molecule has 116 valence electrons. The lowest BCUT2D eigenvalue weighted by Crippen LogP contribution is -2.53. The summed E-state index contributed by atoms with van der Waals surface area (Å²) in [5, 5.41) is 3.66. The lowest BCUT2D eigenvalue weighted by Gasteiger charge is -2.40. The van der Waals surface area contributed by atoms with E-state index in [-0.39, 0.29) is 0 Å². The molecule has 3 rings (SSSR count). The van der Waals surface area contributed by atoms with Crippen molar-refractivity contribution in [2.24, 2.45) is 5.92 Å². The molecule has 0 spiro atoms. The van der Waals surface area contributed by atoms with Crippen LogP contribution in [0.5, 0.6) is 0 Å². The van der Waals surface area contributed by atoms with Crippen LogP contribution in [0.4, 0.5) is 0 Å². The minimum Gasteiger partial charge on any atom is -0.311 e. The number of piperazine rings is 1. The molecule has 0 aromatic heterocycles. The summed E-state index contributed by atoms with van der Waals surface area (Å²) in [4.78, 5) is 2.63. The molecule has 1 heterocycles. The van der Waals surface area contributed by atoms with Crippen molar-refractivity contribution < 1.29 is 0 Å². The third kappa shape index (κ3) is 3.40. The molecule has 2 aromatic carbocycles. The van der Waals surface area contributed by atoms with Crippen LogP contribution in [0, 0.1) is 5.92 Å². The molecule has 1 saturated heterocycles. The molecule has 1 atom stereocenters. The van der Waals surface area contributed by atoms with Crippen LogP contribution in [0.15, 0.2) is 60.7 Å². The maximum atomic E-state index is 3.66. The molecule has 1 aliphatic heterocycles. The average Bonchev–Trinajstić information content (AvgIpc) is 2.57. The molecule has 0 aliphatic carbocycles. The van der Waals surface area contributed by atoms with Crippen LogP contribution in [-0.4, -0.2) is 30.6 Å². The van der Waals surface area contributed by atoms with E-state index < -0.39 is 0 Å². The number of nitrogens with one attached hydrogen (secondary N) is 1. The highest BCUT2D eigenvalue weighted by molar-refractivity contribution is 5.32. The maximum absolute atomic E-state index is 3.66. The van der Waals surface area contributed by atoms with Gasteiger partial charge in [-0.25, -0.2) is 0 Å². The SMILES string of the molecule is CC(C)[C@H]1CN(C(c2ccccc2)c2ccccc2)CCN1. The van der Waals surface area contributed by atoms with Crippen LogP contribution >= 0.6 is 0 Å². The Kier molecular flexibility index (Phi) is 4.91. The van der Waals surface area contributed by atoms with Crippen molar-refractivity contribution in [1.82, 2.24) is 10.2 Å². The topological polar surface area (TPSA) is 15.3 Å². The van der Waals surface area contributed by atoms with E-state index in [1.54, 1.807) is 0 Å². The van der Waals surface area contributed by atoms with E-state index in [0.717, 1.165) is 19.6 Å². The number of rotatable bonds is 4. The first-order valence-electron chi connectivity index (χ1n) is 8.33. The van der Waals surface area contributed by atoms with Gasteiger partial charge in [-0.15, -0.1) is 0 Å². The fraction of sp³-hybridized carbons (Fsp3) is 0.400. The molecular formula is C20H26N2. The quantitative estimate of drug-likeness (QED) is 0.925. The van der Waals surface area contributed by atoms with Crippen molar-refractivity contribution in [3.8, 4) is 0 Å². The van der Waals surface area contributed by atoms with Crippen molar-refractivity contribution in [2.75, 3.05) is 19.6 Å². The van der Waals surface area contributed by atoms with Gasteiger partial charge >= 0.3 is 0 Å². The van der Waals surface area contributed by atoms with Crippen LogP contribution < -0.4 is 5.32 Å². The summed E-state index contributed by atoms with van der Waals surface area (Å²) in [7, 11) is 0. The number of nitrogens with zero attached hydrogens (tertiary/aromatic N) is 1. The van der Waals surface area contributed by atoms with E-state index >= 15 is 0 Å². The van der Waals surface area contributed by atoms with Crippen molar-refractivity contribution in [3.63, 3.8) is 0 Å². The van der Waals surface area contributed by atoms with E-state index in [1.165, 1.54) is 11.1 Å². The summed E-state index contributed by atoms with van der Waals surface area (Å²) in [5.41, 5.74) is 2.77. The first kappa shape index (κ1) is 15.3. The highest BCUT2D eigenvalue weighted by Gasteiger charge is 2.28. The normalized spacial score (nSPS) is 19.7. The van der Waals surface area contributed by atoms with Gasteiger partial charge in [0.05, 0.1) is 6.04 Å². The number of hydrogen-bond acceptors (Lipinski definition) is 2. The zero-order valence-electron chi connectivity index (χ0n) is 13.6. The van der Waals surface area contributed by atoms with Gasteiger partial charge in [-0.3, -0.25) is 4.90 Å². The predicted molar refractivity (Wildman–Crippen MR) is 92.9 cm³/mol. The minimum absolute atomic E-state index is 0.353. The van der Waals surface area contributed by atoms with Gasteiger partial charge in [0.15, 0.2) is 0 Å². The Morgan fingerprint density at radius 1 is 0.909 bits per heavy atom. The first-order chi connectivity index (χ1) is 10.8. The summed E-state index contributed by atoms with van der Waals surface area (Å²) >= 11 is 0. The van der Waals surface area contributed by atoms with Gasteiger partial charge in [-0.2, -0.15) is 0 Å². The molecule has 0 unspecified atom stereocenters. The lowest BCUT2D eigenvalue weighted by molar-refractivity contribution is 0.144. The second kappa shape index (κ2) is 7.08. The van der Waals surface area contributed by atoms with Gasteiger partial charge in [0.2, 0.25) is 0 Å². The Balaban J connectivity index is 1.92. The van der Waals surface area contributed by atoms with E-state index in [4.69, 9.17) is 0 Å². The Morgan fingerprint density at radius 2 is 1.45 bits per heavy atom. The summed E-state index contributed by atoms with van der Waals surface area (Å²) in [5.74, 6) is 0.662. The molecule has 1 N–H and O–H groups in total. The van der Waals surface area contributed by atoms with Crippen LogP contribution in [0.25, 0.3) is 0 Å². The Labute approximate surface area is 134 Å². The average molecular weight is 294 g/mol.